The molecule has 1 N–H and O–H groups in total. The van der Waals surface area contributed by atoms with Gasteiger partial charge in [-0.2, -0.15) is 0 Å². The van der Waals surface area contributed by atoms with Crippen LogP contribution in [0.2, 0.25) is 0 Å². The molecule has 5 heteroatoms. The highest BCUT2D eigenvalue weighted by Crippen LogP contribution is 2.24. The van der Waals surface area contributed by atoms with Gasteiger partial charge in [-0.05, 0) is 17.7 Å². The van der Waals surface area contributed by atoms with Crippen LogP contribution in [0.25, 0.3) is 0 Å². The summed E-state index contributed by atoms with van der Waals surface area (Å²) < 4.78 is 22.8. The van der Waals surface area contributed by atoms with E-state index >= 15 is 0 Å². The largest absolute Gasteiger partial charge is 0.355 e. The van der Waals surface area contributed by atoms with Crippen LogP contribution >= 0.6 is 0 Å². The van der Waals surface area contributed by atoms with Crippen molar-refractivity contribution in [2.24, 2.45) is 0 Å². The van der Waals surface area contributed by atoms with Gasteiger partial charge in [0.15, 0.2) is 9.84 Å². The summed E-state index contributed by atoms with van der Waals surface area (Å²) in [5.41, 5.74) is 0.904. The molecule has 86 valence electrons. The number of hydrogen-bond donors (Lipinski definition) is 1. The Kier molecular flexibility index (Phi) is 2.71. The van der Waals surface area contributed by atoms with Gasteiger partial charge in [-0.15, -0.1) is 0 Å². The maximum atomic E-state index is 11.4. The standard InChI is InChI=1S/C11H13NO3S/c1-16(14,15)10-4-2-3-8(5-10)9-6-11(13)12-7-9/h2-5,9H,6-7H2,1H3,(H,12,13). The van der Waals surface area contributed by atoms with E-state index in [1.165, 1.54) is 6.26 Å². The van der Waals surface area contributed by atoms with Gasteiger partial charge in [0.1, 0.15) is 0 Å². The molecule has 1 atom stereocenters. The van der Waals surface area contributed by atoms with E-state index in [9.17, 15) is 13.2 Å². The highest BCUT2D eigenvalue weighted by molar-refractivity contribution is 7.90. The fraction of sp³-hybridized carbons (Fsp3) is 0.364. The molecule has 1 aromatic rings. The Morgan fingerprint density at radius 3 is 2.69 bits per heavy atom. The van der Waals surface area contributed by atoms with Crippen molar-refractivity contribution < 1.29 is 13.2 Å². The van der Waals surface area contributed by atoms with Crippen LogP contribution in [-0.2, 0) is 14.6 Å². The molecule has 1 heterocycles. The first-order chi connectivity index (χ1) is 7.47. The van der Waals surface area contributed by atoms with Gasteiger partial charge in [0.05, 0.1) is 4.90 Å². The summed E-state index contributed by atoms with van der Waals surface area (Å²) in [5.74, 6) is 0.115. The van der Waals surface area contributed by atoms with Crippen LogP contribution in [0, 0.1) is 0 Å². The smallest absolute Gasteiger partial charge is 0.220 e. The van der Waals surface area contributed by atoms with Crippen molar-refractivity contribution in [3.63, 3.8) is 0 Å². The van der Waals surface area contributed by atoms with E-state index in [1.807, 2.05) is 6.07 Å². The normalized spacial score (nSPS) is 20.8. The number of carbonyl (C=O) groups excluding carboxylic acids is 1. The second kappa shape index (κ2) is 3.90. The molecule has 1 amide bonds. The van der Waals surface area contributed by atoms with Crippen molar-refractivity contribution >= 4 is 15.7 Å². The third-order valence-electron chi connectivity index (χ3n) is 2.74. The lowest BCUT2D eigenvalue weighted by atomic mass is 9.99. The predicted molar refractivity (Wildman–Crippen MR) is 59.9 cm³/mol. The van der Waals surface area contributed by atoms with Crippen LogP contribution in [0.5, 0.6) is 0 Å². The maximum Gasteiger partial charge on any atom is 0.220 e. The van der Waals surface area contributed by atoms with Crippen LogP contribution in [0.15, 0.2) is 29.2 Å². The van der Waals surface area contributed by atoms with Gasteiger partial charge in [0, 0.05) is 25.1 Å². The number of sulfone groups is 1. The van der Waals surface area contributed by atoms with Crippen molar-refractivity contribution in [3.05, 3.63) is 29.8 Å². The lowest BCUT2D eigenvalue weighted by Gasteiger charge is -2.08. The van der Waals surface area contributed by atoms with Crippen LogP contribution in [-0.4, -0.2) is 27.1 Å². The molecule has 0 bridgehead atoms. The molecule has 1 aliphatic heterocycles. The van der Waals surface area contributed by atoms with E-state index in [0.717, 1.165) is 5.56 Å². The zero-order valence-corrected chi connectivity index (χ0v) is 9.75. The number of carbonyl (C=O) groups is 1. The number of benzene rings is 1. The Bertz CT molecular complexity index is 522. The fourth-order valence-electron chi connectivity index (χ4n) is 1.84. The molecule has 0 saturated carbocycles. The average Bonchev–Trinajstić information content (AvgIpc) is 2.64. The second-order valence-electron chi connectivity index (χ2n) is 4.05. The molecule has 1 saturated heterocycles. The first kappa shape index (κ1) is 11.1. The molecule has 1 aliphatic rings. The number of hydrogen-bond acceptors (Lipinski definition) is 3. The summed E-state index contributed by atoms with van der Waals surface area (Å²) in [7, 11) is -3.17. The Morgan fingerprint density at radius 2 is 2.12 bits per heavy atom. The minimum atomic E-state index is -3.17. The third kappa shape index (κ3) is 2.24. The summed E-state index contributed by atoms with van der Waals surface area (Å²) in [5, 5.41) is 2.74. The van der Waals surface area contributed by atoms with Gasteiger partial charge in [-0.1, -0.05) is 12.1 Å². The zero-order chi connectivity index (χ0) is 11.8. The molecule has 0 spiro atoms. The average molecular weight is 239 g/mol. The lowest BCUT2D eigenvalue weighted by Crippen LogP contribution is -2.13. The first-order valence-electron chi connectivity index (χ1n) is 5.03. The Hall–Kier alpha value is -1.36. The third-order valence-corrected chi connectivity index (χ3v) is 3.85. The fourth-order valence-corrected chi connectivity index (χ4v) is 2.52. The van der Waals surface area contributed by atoms with Crippen LogP contribution in [0.3, 0.4) is 0 Å². The van der Waals surface area contributed by atoms with Crippen molar-refractivity contribution in [2.45, 2.75) is 17.2 Å². The maximum absolute atomic E-state index is 11.4. The molecule has 2 rings (SSSR count). The first-order valence-corrected chi connectivity index (χ1v) is 6.92. The number of nitrogens with one attached hydrogen (secondary N) is 1. The van der Waals surface area contributed by atoms with Crippen molar-refractivity contribution in [1.82, 2.24) is 5.32 Å². The summed E-state index contributed by atoms with van der Waals surface area (Å²) in [6.07, 6.45) is 1.62. The van der Waals surface area contributed by atoms with Crippen LogP contribution < -0.4 is 5.32 Å². The monoisotopic (exact) mass is 239 g/mol. The summed E-state index contributed by atoms with van der Waals surface area (Å²) in [4.78, 5) is 11.4. The lowest BCUT2D eigenvalue weighted by molar-refractivity contribution is -0.119. The molecule has 0 aliphatic carbocycles. The highest BCUT2D eigenvalue weighted by Gasteiger charge is 2.23. The van der Waals surface area contributed by atoms with Gasteiger partial charge < -0.3 is 5.32 Å². The van der Waals surface area contributed by atoms with Crippen molar-refractivity contribution in [1.29, 1.82) is 0 Å². The van der Waals surface area contributed by atoms with E-state index in [4.69, 9.17) is 0 Å². The molecule has 4 nitrogen and oxygen atoms in total. The molecular weight excluding hydrogens is 226 g/mol. The predicted octanol–water partition coefficient (Wildman–Crippen LogP) is 0.694. The highest BCUT2D eigenvalue weighted by atomic mass is 32.2. The minimum Gasteiger partial charge on any atom is -0.355 e. The van der Waals surface area contributed by atoms with Gasteiger partial charge in [0.25, 0.3) is 0 Å². The molecule has 1 unspecified atom stereocenters. The summed E-state index contributed by atoms with van der Waals surface area (Å²) >= 11 is 0. The second-order valence-corrected chi connectivity index (χ2v) is 6.07. The van der Waals surface area contributed by atoms with E-state index in [0.29, 0.717) is 17.9 Å². The molecular formula is C11H13NO3S. The topological polar surface area (TPSA) is 63.2 Å². The molecule has 1 aromatic carbocycles. The van der Waals surface area contributed by atoms with Crippen LogP contribution in [0.1, 0.15) is 17.9 Å². The van der Waals surface area contributed by atoms with E-state index in [2.05, 4.69) is 5.32 Å². The quantitative estimate of drug-likeness (QED) is 0.826. The number of amides is 1. The van der Waals surface area contributed by atoms with Crippen molar-refractivity contribution in [2.75, 3.05) is 12.8 Å². The zero-order valence-electron chi connectivity index (χ0n) is 8.93. The number of rotatable bonds is 2. The SMILES string of the molecule is CS(=O)(=O)c1cccc(C2CNC(=O)C2)c1. The van der Waals surface area contributed by atoms with Gasteiger partial charge in [-0.3, -0.25) is 4.79 Å². The Morgan fingerprint density at radius 1 is 1.38 bits per heavy atom. The van der Waals surface area contributed by atoms with Crippen molar-refractivity contribution in [3.8, 4) is 0 Å². The summed E-state index contributed by atoms with van der Waals surface area (Å²) in [6.45, 7) is 0.589. The molecule has 0 aromatic heterocycles. The molecule has 16 heavy (non-hydrogen) atoms. The summed E-state index contributed by atoms with van der Waals surface area (Å²) in [6, 6.07) is 6.80. The Balaban J connectivity index is 2.33. The van der Waals surface area contributed by atoms with Gasteiger partial charge in [-0.25, -0.2) is 8.42 Å². The Labute approximate surface area is 94.6 Å². The molecule has 0 radical (unpaired) electrons. The van der Waals surface area contributed by atoms with Gasteiger partial charge >= 0.3 is 0 Å². The van der Waals surface area contributed by atoms with E-state index < -0.39 is 9.84 Å². The molecule has 1 fully saturated rings. The van der Waals surface area contributed by atoms with Crippen LogP contribution in [0.4, 0.5) is 0 Å². The van der Waals surface area contributed by atoms with Gasteiger partial charge in [0.2, 0.25) is 5.91 Å². The minimum absolute atomic E-state index is 0.0229. The van der Waals surface area contributed by atoms with E-state index in [1.54, 1.807) is 18.2 Å². The van der Waals surface area contributed by atoms with E-state index in [-0.39, 0.29) is 11.8 Å².